The zero-order chi connectivity index (χ0) is 14.8. The van der Waals surface area contributed by atoms with Crippen molar-refractivity contribution in [1.29, 1.82) is 0 Å². The summed E-state index contributed by atoms with van der Waals surface area (Å²) in [7, 11) is 0. The third-order valence-electron chi connectivity index (χ3n) is 3.08. The Morgan fingerprint density at radius 3 is 2.81 bits per heavy atom. The average Bonchev–Trinajstić information content (AvgIpc) is 2.50. The summed E-state index contributed by atoms with van der Waals surface area (Å²) in [6.45, 7) is 0. The number of aromatic nitrogens is 1. The number of halogens is 1. The summed E-state index contributed by atoms with van der Waals surface area (Å²) in [6, 6.07) is 12.2. The van der Waals surface area contributed by atoms with Crippen LogP contribution in [0, 0.1) is 5.82 Å². The zero-order valence-corrected chi connectivity index (χ0v) is 10.9. The Balaban J connectivity index is 1.99. The number of carbonyl (C=O) groups is 1. The molecule has 0 aliphatic carbocycles. The van der Waals surface area contributed by atoms with Gasteiger partial charge in [-0.1, -0.05) is 18.2 Å². The van der Waals surface area contributed by atoms with E-state index >= 15 is 0 Å². The van der Waals surface area contributed by atoms with Crippen molar-refractivity contribution in [3.8, 4) is 5.75 Å². The molecule has 1 aromatic heterocycles. The second-order valence-corrected chi connectivity index (χ2v) is 4.50. The van der Waals surface area contributed by atoms with Crippen molar-refractivity contribution in [2.45, 2.75) is 0 Å². The first-order valence-electron chi connectivity index (χ1n) is 6.29. The first kappa shape index (κ1) is 13.1. The number of para-hydroxylation sites is 1. The van der Waals surface area contributed by atoms with Crippen molar-refractivity contribution in [2.75, 3.05) is 5.32 Å². The van der Waals surface area contributed by atoms with E-state index in [4.69, 9.17) is 0 Å². The van der Waals surface area contributed by atoms with E-state index in [1.54, 1.807) is 24.4 Å². The van der Waals surface area contributed by atoms with Crippen LogP contribution in [-0.2, 0) is 0 Å². The molecule has 0 saturated carbocycles. The number of phenolic OH excluding ortho intramolecular Hbond substituents is 1. The normalized spacial score (nSPS) is 10.5. The summed E-state index contributed by atoms with van der Waals surface area (Å²) in [4.78, 5) is 16.4. The van der Waals surface area contributed by atoms with E-state index < -0.39 is 11.7 Å². The Labute approximate surface area is 119 Å². The highest BCUT2D eigenvalue weighted by Crippen LogP contribution is 2.23. The fourth-order valence-electron chi connectivity index (χ4n) is 2.08. The summed E-state index contributed by atoms with van der Waals surface area (Å²) in [5.74, 6) is -1.46. The Hall–Kier alpha value is -2.95. The number of pyridine rings is 1. The fraction of sp³-hybridized carbons (Fsp3) is 0. The van der Waals surface area contributed by atoms with Crippen LogP contribution < -0.4 is 5.32 Å². The number of rotatable bonds is 2. The second kappa shape index (κ2) is 5.20. The molecule has 21 heavy (non-hydrogen) atoms. The van der Waals surface area contributed by atoms with Gasteiger partial charge in [-0.15, -0.1) is 0 Å². The largest absolute Gasteiger partial charge is 0.507 e. The maximum absolute atomic E-state index is 13.2. The third kappa shape index (κ3) is 2.53. The summed E-state index contributed by atoms with van der Waals surface area (Å²) >= 11 is 0. The number of anilines is 1. The van der Waals surface area contributed by atoms with E-state index in [0.717, 1.165) is 23.6 Å². The molecule has 0 spiro atoms. The van der Waals surface area contributed by atoms with E-state index in [-0.39, 0.29) is 11.3 Å². The molecule has 0 bridgehead atoms. The molecule has 4 nitrogen and oxygen atoms in total. The third-order valence-corrected chi connectivity index (χ3v) is 3.08. The standard InChI is InChI=1S/C16H11FN2O2/c17-11-6-7-14(20)12(9-11)16(21)19-13-5-1-3-10-4-2-8-18-15(10)13/h1-9,20H,(H,19,21). The number of fused-ring (bicyclic) bond motifs is 1. The Bertz CT molecular complexity index is 828. The number of aromatic hydroxyl groups is 1. The van der Waals surface area contributed by atoms with Crippen LogP contribution in [0.25, 0.3) is 10.9 Å². The molecule has 0 aliphatic rings. The van der Waals surface area contributed by atoms with Crippen LogP contribution in [-0.4, -0.2) is 16.0 Å². The number of carbonyl (C=O) groups excluding carboxylic acids is 1. The molecule has 0 unspecified atom stereocenters. The highest BCUT2D eigenvalue weighted by molar-refractivity contribution is 6.09. The minimum absolute atomic E-state index is 0.122. The molecule has 5 heteroatoms. The second-order valence-electron chi connectivity index (χ2n) is 4.50. The molecule has 3 rings (SSSR count). The van der Waals surface area contributed by atoms with Gasteiger partial charge in [-0.2, -0.15) is 0 Å². The van der Waals surface area contributed by atoms with Gasteiger partial charge in [0.2, 0.25) is 0 Å². The van der Waals surface area contributed by atoms with Gasteiger partial charge in [-0.3, -0.25) is 9.78 Å². The summed E-state index contributed by atoms with van der Waals surface area (Å²) < 4.78 is 13.2. The van der Waals surface area contributed by atoms with Gasteiger partial charge in [0.1, 0.15) is 11.6 Å². The number of hydrogen-bond acceptors (Lipinski definition) is 3. The molecule has 1 amide bonds. The molecule has 0 radical (unpaired) electrons. The summed E-state index contributed by atoms with van der Waals surface area (Å²) in [6.07, 6.45) is 1.62. The Morgan fingerprint density at radius 2 is 1.95 bits per heavy atom. The molecule has 0 fully saturated rings. The van der Waals surface area contributed by atoms with Crippen LogP contribution in [0.4, 0.5) is 10.1 Å². The maximum Gasteiger partial charge on any atom is 0.259 e. The lowest BCUT2D eigenvalue weighted by Crippen LogP contribution is -2.13. The number of nitrogens with one attached hydrogen (secondary N) is 1. The van der Waals surface area contributed by atoms with Gasteiger partial charge in [-0.25, -0.2) is 4.39 Å². The van der Waals surface area contributed by atoms with Crippen molar-refractivity contribution in [3.05, 3.63) is 66.1 Å². The van der Waals surface area contributed by atoms with Gasteiger partial charge in [0.05, 0.1) is 16.8 Å². The van der Waals surface area contributed by atoms with E-state index in [1.165, 1.54) is 0 Å². The number of benzene rings is 2. The Morgan fingerprint density at radius 1 is 1.14 bits per heavy atom. The molecule has 3 aromatic rings. The number of phenols is 1. The van der Waals surface area contributed by atoms with Gasteiger partial charge < -0.3 is 10.4 Å². The molecule has 2 aromatic carbocycles. The monoisotopic (exact) mass is 282 g/mol. The number of amides is 1. The van der Waals surface area contributed by atoms with Gasteiger partial charge in [0.25, 0.3) is 5.91 Å². The lowest BCUT2D eigenvalue weighted by Gasteiger charge is -2.09. The number of hydrogen-bond donors (Lipinski definition) is 2. The zero-order valence-electron chi connectivity index (χ0n) is 10.9. The predicted molar refractivity (Wildman–Crippen MR) is 77.8 cm³/mol. The molecule has 0 aliphatic heterocycles. The van der Waals surface area contributed by atoms with Crippen molar-refractivity contribution in [3.63, 3.8) is 0 Å². The molecule has 0 atom stereocenters. The van der Waals surface area contributed by atoms with Crippen molar-refractivity contribution >= 4 is 22.5 Å². The summed E-state index contributed by atoms with van der Waals surface area (Å²) in [5.41, 5.74) is 1.01. The van der Waals surface area contributed by atoms with Crippen LogP contribution in [0.2, 0.25) is 0 Å². The fourth-order valence-corrected chi connectivity index (χ4v) is 2.08. The van der Waals surface area contributed by atoms with Gasteiger partial charge in [0.15, 0.2) is 0 Å². The molecule has 104 valence electrons. The van der Waals surface area contributed by atoms with Crippen LogP contribution in [0.1, 0.15) is 10.4 Å². The highest BCUT2D eigenvalue weighted by Gasteiger charge is 2.13. The molecule has 2 N–H and O–H groups in total. The molecular formula is C16H11FN2O2. The van der Waals surface area contributed by atoms with Crippen molar-refractivity contribution in [2.24, 2.45) is 0 Å². The SMILES string of the molecule is O=C(Nc1cccc2cccnc12)c1cc(F)ccc1O. The smallest absolute Gasteiger partial charge is 0.259 e. The minimum atomic E-state index is -0.592. The average molecular weight is 282 g/mol. The molecular weight excluding hydrogens is 271 g/mol. The topological polar surface area (TPSA) is 62.2 Å². The van der Waals surface area contributed by atoms with Crippen LogP contribution in [0.5, 0.6) is 5.75 Å². The van der Waals surface area contributed by atoms with E-state index in [9.17, 15) is 14.3 Å². The van der Waals surface area contributed by atoms with E-state index in [0.29, 0.717) is 11.2 Å². The quantitative estimate of drug-likeness (QED) is 0.757. The highest BCUT2D eigenvalue weighted by atomic mass is 19.1. The van der Waals surface area contributed by atoms with Gasteiger partial charge >= 0.3 is 0 Å². The van der Waals surface area contributed by atoms with Crippen molar-refractivity contribution < 1.29 is 14.3 Å². The van der Waals surface area contributed by atoms with Crippen LogP contribution >= 0.6 is 0 Å². The summed E-state index contributed by atoms with van der Waals surface area (Å²) in [5, 5.41) is 13.2. The van der Waals surface area contributed by atoms with E-state index in [2.05, 4.69) is 10.3 Å². The minimum Gasteiger partial charge on any atom is -0.507 e. The molecule has 1 heterocycles. The maximum atomic E-state index is 13.2. The Kier molecular flexibility index (Phi) is 3.23. The first-order valence-corrected chi connectivity index (χ1v) is 6.29. The predicted octanol–water partition coefficient (Wildman–Crippen LogP) is 3.33. The van der Waals surface area contributed by atoms with Gasteiger partial charge in [0, 0.05) is 11.6 Å². The van der Waals surface area contributed by atoms with Gasteiger partial charge in [-0.05, 0) is 30.3 Å². The lowest BCUT2D eigenvalue weighted by atomic mass is 10.1. The van der Waals surface area contributed by atoms with E-state index in [1.807, 2.05) is 12.1 Å². The van der Waals surface area contributed by atoms with Crippen LogP contribution in [0.3, 0.4) is 0 Å². The lowest BCUT2D eigenvalue weighted by molar-refractivity contribution is 0.102. The van der Waals surface area contributed by atoms with Crippen molar-refractivity contribution in [1.82, 2.24) is 4.98 Å². The number of nitrogens with zero attached hydrogens (tertiary/aromatic N) is 1. The van der Waals surface area contributed by atoms with Crippen LogP contribution in [0.15, 0.2) is 54.7 Å². The first-order chi connectivity index (χ1) is 10.1. The molecule has 0 saturated heterocycles.